The van der Waals surface area contributed by atoms with Crippen molar-refractivity contribution in [1.29, 1.82) is 0 Å². The summed E-state index contributed by atoms with van der Waals surface area (Å²) in [5.41, 5.74) is 10.0. The Kier molecular flexibility index (Phi) is 4.23. The first-order chi connectivity index (χ1) is 12.6. The maximum atomic E-state index is 11.9. The quantitative estimate of drug-likeness (QED) is 0.640. The number of amides is 2. The normalized spacial score (nSPS) is 18.2. The van der Waals surface area contributed by atoms with Gasteiger partial charge in [-0.05, 0) is 30.5 Å². The van der Waals surface area contributed by atoms with Gasteiger partial charge in [0.2, 0.25) is 0 Å². The van der Waals surface area contributed by atoms with E-state index in [0.29, 0.717) is 23.7 Å². The molecule has 1 aromatic carbocycles. The van der Waals surface area contributed by atoms with Crippen LogP contribution in [0.25, 0.3) is 0 Å². The highest BCUT2D eigenvalue weighted by atomic mass is 16.3. The van der Waals surface area contributed by atoms with Crippen LogP contribution < -0.4 is 16.4 Å². The molecule has 0 bridgehead atoms. The fraction of sp³-hybridized carbons (Fsp3) is 0.300. The Morgan fingerprint density at radius 2 is 2.08 bits per heavy atom. The largest absolute Gasteiger partial charge is 0.392 e. The minimum absolute atomic E-state index is 0.125. The zero-order valence-corrected chi connectivity index (χ0v) is 14.2. The van der Waals surface area contributed by atoms with Crippen LogP contribution in [0.2, 0.25) is 0 Å². The lowest BCUT2D eigenvalue weighted by Gasteiger charge is -2.24. The molecule has 1 atom stereocenters. The number of pyridine rings is 1. The molecule has 2 aromatic rings. The second-order valence-electron chi connectivity index (χ2n) is 6.70. The number of aliphatic hydroxyl groups is 1. The molecule has 26 heavy (non-hydrogen) atoms. The van der Waals surface area contributed by atoms with Gasteiger partial charge in [-0.2, -0.15) is 0 Å². The molecule has 2 aliphatic rings. The van der Waals surface area contributed by atoms with E-state index in [1.54, 1.807) is 6.07 Å². The molecule has 1 aliphatic heterocycles. The van der Waals surface area contributed by atoms with E-state index in [2.05, 4.69) is 27.5 Å². The summed E-state index contributed by atoms with van der Waals surface area (Å²) in [6.07, 6.45) is 2.90. The van der Waals surface area contributed by atoms with E-state index >= 15 is 0 Å². The highest BCUT2D eigenvalue weighted by Crippen LogP contribution is 2.31. The highest BCUT2D eigenvalue weighted by Gasteiger charge is 2.24. The van der Waals surface area contributed by atoms with Gasteiger partial charge in [-0.25, -0.2) is 9.78 Å². The van der Waals surface area contributed by atoms with Gasteiger partial charge < -0.3 is 21.5 Å². The molecule has 5 N–H and O–H groups in total. The Morgan fingerprint density at radius 1 is 1.23 bits per heavy atom. The molecule has 6 nitrogen and oxygen atoms in total. The maximum absolute atomic E-state index is 11.9. The molecule has 0 spiro atoms. The number of nitrogens with zero attached hydrogens (tertiary/aromatic N) is 1. The Labute approximate surface area is 151 Å². The molecule has 2 heterocycles. The van der Waals surface area contributed by atoms with E-state index in [9.17, 15) is 9.90 Å². The molecule has 1 aliphatic carbocycles. The lowest BCUT2D eigenvalue weighted by Crippen LogP contribution is -2.37. The molecule has 1 saturated carbocycles. The Morgan fingerprint density at radius 3 is 2.81 bits per heavy atom. The number of rotatable bonds is 3. The van der Waals surface area contributed by atoms with Gasteiger partial charge >= 0.3 is 6.03 Å². The van der Waals surface area contributed by atoms with Gasteiger partial charge in [-0.3, -0.25) is 0 Å². The number of nitrogen functional groups attached to an aromatic ring is 1. The van der Waals surface area contributed by atoms with Crippen LogP contribution in [0.3, 0.4) is 0 Å². The van der Waals surface area contributed by atoms with Crippen molar-refractivity contribution in [2.45, 2.75) is 31.9 Å². The Hall–Kier alpha value is -3.04. The second kappa shape index (κ2) is 6.70. The average Bonchev–Trinajstić information content (AvgIpc) is 3.44. The van der Waals surface area contributed by atoms with Gasteiger partial charge in [-0.1, -0.05) is 30.0 Å². The number of fused-ring (bicyclic) bond motifs is 1. The zero-order valence-electron chi connectivity index (χ0n) is 14.2. The van der Waals surface area contributed by atoms with Crippen molar-refractivity contribution in [3.8, 4) is 11.8 Å². The van der Waals surface area contributed by atoms with E-state index in [-0.39, 0.29) is 18.7 Å². The highest BCUT2D eigenvalue weighted by molar-refractivity contribution is 5.93. The molecule has 6 heteroatoms. The second-order valence-corrected chi connectivity index (χ2v) is 6.70. The third kappa shape index (κ3) is 3.48. The first kappa shape index (κ1) is 16.4. The summed E-state index contributed by atoms with van der Waals surface area (Å²) in [6.45, 7) is -0.125. The van der Waals surface area contributed by atoms with Gasteiger partial charge in [0.05, 0.1) is 6.61 Å². The summed E-state index contributed by atoms with van der Waals surface area (Å²) in [6, 6.07) is 9.09. The molecule has 0 radical (unpaired) electrons. The maximum Gasteiger partial charge on any atom is 0.320 e. The summed E-state index contributed by atoms with van der Waals surface area (Å²) in [4.78, 5) is 16.3. The van der Waals surface area contributed by atoms with E-state index in [0.717, 1.165) is 35.3 Å². The van der Waals surface area contributed by atoms with E-state index < -0.39 is 0 Å². The Bertz CT molecular complexity index is 925. The van der Waals surface area contributed by atoms with Crippen molar-refractivity contribution in [3.63, 3.8) is 0 Å². The van der Waals surface area contributed by atoms with Gasteiger partial charge in [0, 0.05) is 34.8 Å². The predicted octanol–water partition coefficient (Wildman–Crippen LogP) is 2.34. The van der Waals surface area contributed by atoms with Gasteiger partial charge in [-0.15, -0.1) is 0 Å². The van der Waals surface area contributed by atoms with Crippen LogP contribution in [0.4, 0.5) is 16.3 Å². The Balaban J connectivity index is 1.58. The fourth-order valence-electron chi connectivity index (χ4n) is 2.97. The molecule has 4 rings (SSSR count). The lowest BCUT2D eigenvalue weighted by atomic mass is 9.98. The van der Waals surface area contributed by atoms with Crippen LogP contribution >= 0.6 is 0 Å². The smallest absolute Gasteiger partial charge is 0.320 e. The van der Waals surface area contributed by atoms with Gasteiger partial charge in [0.25, 0.3) is 0 Å². The first-order valence-corrected chi connectivity index (χ1v) is 8.69. The van der Waals surface area contributed by atoms with Crippen molar-refractivity contribution < 1.29 is 9.90 Å². The van der Waals surface area contributed by atoms with Gasteiger partial charge in [0.15, 0.2) is 0 Å². The van der Waals surface area contributed by atoms with Crippen LogP contribution in [0.5, 0.6) is 0 Å². The van der Waals surface area contributed by atoms with E-state index in [1.165, 1.54) is 0 Å². The van der Waals surface area contributed by atoms with Crippen molar-refractivity contribution >= 4 is 17.5 Å². The van der Waals surface area contributed by atoms with Gasteiger partial charge in [0.1, 0.15) is 11.9 Å². The summed E-state index contributed by atoms with van der Waals surface area (Å²) in [7, 11) is 0. The number of aliphatic hydroxyl groups excluding tert-OH is 1. The minimum atomic E-state index is -0.272. The topological polar surface area (TPSA) is 100 Å². The number of benzene rings is 1. The van der Waals surface area contributed by atoms with Crippen LogP contribution in [0.1, 0.15) is 41.3 Å². The number of nitrogens with two attached hydrogens (primary N) is 1. The van der Waals surface area contributed by atoms with Crippen LogP contribution in [-0.2, 0) is 13.0 Å². The predicted molar refractivity (Wildman–Crippen MR) is 99.2 cm³/mol. The van der Waals surface area contributed by atoms with Crippen molar-refractivity contribution in [2.24, 2.45) is 5.92 Å². The number of urea groups is 1. The molecule has 0 saturated heterocycles. The molecular weight excluding hydrogens is 328 g/mol. The monoisotopic (exact) mass is 348 g/mol. The zero-order chi connectivity index (χ0) is 18.1. The van der Waals surface area contributed by atoms with Crippen molar-refractivity contribution in [1.82, 2.24) is 10.3 Å². The average molecular weight is 348 g/mol. The number of hydrogen-bond acceptors (Lipinski definition) is 4. The van der Waals surface area contributed by atoms with Crippen LogP contribution in [0, 0.1) is 17.8 Å². The third-order valence-electron chi connectivity index (χ3n) is 4.59. The minimum Gasteiger partial charge on any atom is -0.392 e. The molecule has 1 fully saturated rings. The van der Waals surface area contributed by atoms with Crippen LogP contribution in [0.15, 0.2) is 30.3 Å². The number of hydrogen-bond donors (Lipinski definition) is 4. The van der Waals surface area contributed by atoms with E-state index in [1.807, 2.05) is 24.3 Å². The third-order valence-corrected chi connectivity index (χ3v) is 4.59. The molecule has 1 aromatic heterocycles. The van der Waals surface area contributed by atoms with E-state index in [4.69, 9.17) is 5.73 Å². The molecule has 2 amide bonds. The molecular formula is C20H20N4O2. The number of aromatic nitrogens is 1. The lowest BCUT2D eigenvalue weighted by molar-refractivity contribution is 0.249. The van der Waals surface area contributed by atoms with Crippen molar-refractivity contribution in [3.05, 3.63) is 52.7 Å². The number of nitrogens with one attached hydrogen (secondary N) is 2. The van der Waals surface area contributed by atoms with Crippen molar-refractivity contribution in [2.75, 3.05) is 11.1 Å². The molecule has 132 valence electrons. The van der Waals surface area contributed by atoms with Crippen LogP contribution in [-0.4, -0.2) is 16.1 Å². The number of anilines is 2. The first-order valence-electron chi connectivity index (χ1n) is 8.69. The SMILES string of the molecule is Nc1nc(Cc2ccc3c(c2)NC(=O)N[C@H]3C#CC2CC2)ccc1CO. The number of carbonyl (C=O) groups is 1. The summed E-state index contributed by atoms with van der Waals surface area (Å²) in [5.74, 6) is 7.24. The summed E-state index contributed by atoms with van der Waals surface area (Å²) >= 11 is 0. The summed E-state index contributed by atoms with van der Waals surface area (Å²) in [5, 5.41) is 14.9. The number of carbonyl (C=O) groups excluding carboxylic acids is 1. The summed E-state index contributed by atoms with van der Waals surface area (Å²) < 4.78 is 0. The molecule has 0 unspecified atom stereocenters. The standard InChI is InChI=1S/C20H20N4O2/c21-19-14(11-25)5-6-15(22-19)9-13-3-7-16-17(8-4-12-1-2-12)23-20(26)24-18(16)10-13/h3,5-7,10,12,17,25H,1-2,9,11H2,(H2,21,22)(H2,23,24,26)/t17-/m0/s1. The fourth-order valence-corrected chi connectivity index (χ4v) is 2.97.